The van der Waals surface area contributed by atoms with Gasteiger partial charge in [0.2, 0.25) is 0 Å². The first-order valence-electron chi connectivity index (χ1n) is 6.19. The van der Waals surface area contributed by atoms with E-state index in [4.69, 9.17) is 0 Å². The Balaban J connectivity index is 1.97. The van der Waals surface area contributed by atoms with Crippen LogP contribution in [0.25, 0.3) is 28.0 Å². The summed E-state index contributed by atoms with van der Waals surface area (Å²) in [5, 5.41) is 8.66. The van der Waals surface area contributed by atoms with E-state index in [1.165, 1.54) is 0 Å². The first-order chi connectivity index (χ1) is 9.93. The number of aromatic nitrogens is 4. The van der Waals surface area contributed by atoms with Gasteiger partial charge in [-0.1, -0.05) is 0 Å². The van der Waals surface area contributed by atoms with E-state index >= 15 is 0 Å². The second kappa shape index (κ2) is 4.54. The smallest absolute Gasteiger partial charge is 0.163 e. The molecule has 4 rings (SSSR count). The van der Waals surface area contributed by atoms with Crippen molar-refractivity contribution in [3.05, 3.63) is 59.8 Å². The fraction of sp³-hybridized carbons (Fsp3) is 0. The number of hydrogen-bond donors (Lipinski definition) is 0. The Bertz CT molecular complexity index is 850. The van der Waals surface area contributed by atoms with Crippen LogP contribution in [0, 0.1) is 0 Å². The quantitative estimate of drug-likeness (QED) is 0.563. The van der Waals surface area contributed by atoms with Gasteiger partial charge in [0.1, 0.15) is 0 Å². The standard InChI is InChI=1S/C15H10N4S/c1-5-16-6-2-11(1)14-3-7-17-15-13(9-18-19(14)15)12-4-8-20-10-12/h1-10H. The van der Waals surface area contributed by atoms with Gasteiger partial charge in [-0.3, -0.25) is 4.98 Å². The molecule has 0 N–H and O–H groups in total. The summed E-state index contributed by atoms with van der Waals surface area (Å²) in [6.45, 7) is 0. The van der Waals surface area contributed by atoms with Crippen LogP contribution < -0.4 is 0 Å². The topological polar surface area (TPSA) is 43.1 Å². The van der Waals surface area contributed by atoms with Gasteiger partial charge in [0.05, 0.1) is 11.9 Å². The van der Waals surface area contributed by atoms with Crippen LogP contribution in [0.3, 0.4) is 0 Å². The van der Waals surface area contributed by atoms with Crippen molar-refractivity contribution in [3.8, 4) is 22.4 Å². The molecule has 20 heavy (non-hydrogen) atoms. The van der Waals surface area contributed by atoms with Crippen LogP contribution in [0.4, 0.5) is 0 Å². The van der Waals surface area contributed by atoms with Gasteiger partial charge in [-0.25, -0.2) is 9.50 Å². The first-order valence-corrected chi connectivity index (χ1v) is 7.13. The number of thiophene rings is 1. The summed E-state index contributed by atoms with van der Waals surface area (Å²) in [6, 6.07) is 8.00. The summed E-state index contributed by atoms with van der Waals surface area (Å²) < 4.78 is 1.88. The van der Waals surface area contributed by atoms with Gasteiger partial charge in [-0.05, 0) is 40.6 Å². The second-order valence-electron chi connectivity index (χ2n) is 4.37. The Morgan fingerprint density at radius 2 is 1.85 bits per heavy atom. The number of pyridine rings is 1. The lowest BCUT2D eigenvalue weighted by atomic mass is 10.1. The van der Waals surface area contributed by atoms with Gasteiger partial charge in [-0.2, -0.15) is 16.4 Å². The van der Waals surface area contributed by atoms with Crippen molar-refractivity contribution in [3.63, 3.8) is 0 Å². The third-order valence-corrected chi connectivity index (χ3v) is 3.89. The van der Waals surface area contributed by atoms with E-state index in [2.05, 4.69) is 31.9 Å². The van der Waals surface area contributed by atoms with E-state index in [1.807, 2.05) is 35.1 Å². The Morgan fingerprint density at radius 1 is 0.950 bits per heavy atom. The zero-order chi connectivity index (χ0) is 13.4. The monoisotopic (exact) mass is 278 g/mol. The Hall–Kier alpha value is -2.53. The van der Waals surface area contributed by atoms with Crippen LogP contribution in [0.5, 0.6) is 0 Å². The van der Waals surface area contributed by atoms with Gasteiger partial charge in [0.25, 0.3) is 0 Å². The Labute approximate surface area is 119 Å². The molecule has 0 saturated heterocycles. The average Bonchev–Trinajstić information content (AvgIpc) is 3.16. The highest BCUT2D eigenvalue weighted by Crippen LogP contribution is 2.27. The SMILES string of the molecule is c1cc(-c2ccnc3c(-c4ccsc4)cnn23)ccn1. The number of nitrogens with zero attached hydrogens (tertiary/aromatic N) is 4. The molecule has 5 heteroatoms. The third kappa shape index (κ3) is 1.71. The van der Waals surface area contributed by atoms with Crippen LogP contribution in [0.1, 0.15) is 0 Å². The molecular weight excluding hydrogens is 268 g/mol. The van der Waals surface area contributed by atoms with Gasteiger partial charge in [-0.15, -0.1) is 0 Å². The van der Waals surface area contributed by atoms with Gasteiger partial charge in [0, 0.05) is 29.7 Å². The molecule has 0 saturated carbocycles. The molecule has 4 aromatic heterocycles. The van der Waals surface area contributed by atoms with E-state index in [0.29, 0.717) is 0 Å². The summed E-state index contributed by atoms with van der Waals surface area (Å²) in [5.41, 5.74) is 5.18. The fourth-order valence-electron chi connectivity index (χ4n) is 2.25. The van der Waals surface area contributed by atoms with E-state index in [9.17, 15) is 0 Å². The van der Waals surface area contributed by atoms with Crippen molar-refractivity contribution < 1.29 is 0 Å². The third-order valence-electron chi connectivity index (χ3n) is 3.21. The summed E-state index contributed by atoms with van der Waals surface area (Å²) in [4.78, 5) is 8.53. The molecule has 4 nitrogen and oxygen atoms in total. The lowest BCUT2D eigenvalue weighted by Gasteiger charge is -2.04. The zero-order valence-corrected chi connectivity index (χ0v) is 11.3. The fourth-order valence-corrected chi connectivity index (χ4v) is 2.91. The maximum absolute atomic E-state index is 4.49. The molecule has 0 radical (unpaired) electrons. The van der Waals surface area contributed by atoms with Crippen molar-refractivity contribution in [2.24, 2.45) is 0 Å². The molecule has 0 aliphatic carbocycles. The van der Waals surface area contributed by atoms with Crippen molar-refractivity contribution in [2.75, 3.05) is 0 Å². The highest BCUT2D eigenvalue weighted by atomic mass is 32.1. The molecule has 0 aliphatic heterocycles. The van der Waals surface area contributed by atoms with Gasteiger partial charge >= 0.3 is 0 Å². The largest absolute Gasteiger partial charge is 0.265 e. The number of hydrogen-bond acceptors (Lipinski definition) is 4. The summed E-state index contributed by atoms with van der Waals surface area (Å²) in [5.74, 6) is 0. The van der Waals surface area contributed by atoms with Crippen molar-refractivity contribution >= 4 is 17.0 Å². The number of fused-ring (bicyclic) bond motifs is 1. The van der Waals surface area contributed by atoms with Crippen molar-refractivity contribution in [1.29, 1.82) is 0 Å². The highest BCUT2D eigenvalue weighted by Gasteiger charge is 2.11. The van der Waals surface area contributed by atoms with Gasteiger partial charge in [0.15, 0.2) is 5.65 Å². The van der Waals surface area contributed by atoms with Crippen molar-refractivity contribution in [1.82, 2.24) is 19.6 Å². The minimum Gasteiger partial charge on any atom is -0.265 e. The van der Waals surface area contributed by atoms with E-state index in [-0.39, 0.29) is 0 Å². The predicted molar refractivity (Wildman–Crippen MR) is 79.5 cm³/mol. The minimum atomic E-state index is 0.873. The average molecular weight is 278 g/mol. The van der Waals surface area contributed by atoms with Crippen LogP contribution in [0.15, 0.2) is 59.8 Å². The molecule has 96 valence electrons. The van der Waals surface area contributed by atoms with Crippen LogP contribution in [0.2, 0.25) is 0 Å². The molecule has 0 atom stereocenters. The Morgan fingerprint density at radius 3 is 2.65 bits per heavy atom. The summed E-state index contributed by atoms with van der Waals surface area (Å²) in [6.07, 6.45) is 7.26. The second-order valence-corrected chi connectivity index (χ2v) is 5.15. The molecule has 4 heterocycles. The van der Waals surface area contributed by atoms with Crippen molar-refractivity contribution in [2.45, 2.75) is 0 Å². The van der Waals surface area contributed by atoms with Gasteiger partial charge < -0.3 is 0 Å². The molecule has 0 unspecified atom stereocenters. The number of rotatable bonds is 2. The van der Waals surface area contributed by atoms with E-state index in [1.54, 1.807) is 23.7 Å². The van der Waals surface area contributed by atoms with Crippen LogP contribution >= 0.6 is 11.3 Å². The lowest BCUT2D eigenvalue weighted by Crippen LogP contribution is -1.95. The maximum atomic E-state index is 4.49. The molecule has 0 spiro atoms. The highest BCUT2D eigenvalue weighted by molar-refractivity contribution is 7.08. The first kappa shape index (κ1) is 11.3. The molecule has 0 aromatic carbocycles. The zero-order valence-electron chi connectivity index (χ0n) is 10.5. The van der Waals surface area contributed by atoms with Crippen LogP contribution in [-0.2, 0) is 0 Å². The summed E-state index contributed by atoms with van der Waals surface area (Å²) in [7, 11) is 0. The molecular formula is C15H10N4S. The van der Waals surface area contributed by atoms with Crippen LogP contribution in [-0.4, -0.2) is 19.6 Å². The Kier molecular flexibility index (Phi) is 2.57. The molecule has 0 aliphatic rings. The van der Waals surface area contributed by atoms with E-state index < -0.39 is 0 Å². The maximum Gasteiger partial charge on any atom is 0.163 e. The molecule has 0 bridgehead atoms. The van der Waals surface area contributed by atoms with E-state index in [0.717, 1.165) is 28.0 Å². The lowest BCUT2D eigenvalue weighted by molar-refractivity contribution is 0.947. The summed E-state index contributed by atoms with van der Waals surface area (Å²) >= 11 is 1.67. The molecule has 4 aromatic rings. The predicted octanol–water partition coefficient (Wildman–Crippen LogP) is 3.52. The molecule has 0 amide bonds. The minimum absolute atomic E-state index is 0.873. The molecule has 0 fully saturated rings. The normalized spacial score (nSPS) is 11.0.